The SMILES string of the molecule is N#Cc1cccc(C(=O)N2CCC3(CC2)OC(=O)c2ccccc23)c1. The summed E-state index contributed by atoms with van der Waals surface area (Å²) in [5.41, 5.74) is 1.93. The third-order valence-corrected chi connectivity index (χ3v) is 5.02. The zero-order valence-corrected chi connectivity index (χ0v) is 13.6. The van der Waals surface area contributed by atoms with Gasteiger partial charge in [0.1, 0.15) is 5.60 Å². The minimum absolute atomic E-state index is 0.0930. The number of fused-ring (bicyclic) bond motifs is 2. The van der Waals surface area contributed by atoms with Gasteiger partial charge < -0.3 is 9.64 Å². The van der Waals surface area contributed by atoms with Gasteiger partial charge >= 0.3 is 5.97 Å². The topological polar surface area (TPSA) is 70.4 Å². The Morgan fingerprint density at radius 3 is 2.64 bits per heavy atom. The van der Waals surface area contributed by atoms with Gasteiger partial charge in [-0.1, -0.05) is 24.3 Å². The van der Waals surface area contributed by atoms with E-state index in [1.165, 1.54) is 0 Å². The van der Waals surface area contributed by atoms with Crippen LogP contribution in [0.1, 0.15) is 44.7 Å². The quantitative estimate of drug-likeness (QED) is 0.753. The average molecular weight is 332 g/mol. The number of piperidine rings is 1. The number of nitrogens with zero attached hydrogens (tertiary/aromatic N) is 2. The van der Waals surface area contributed by atoms with E-state index in [2.05, 4.69) is 6.07 Å². The Hall–Kier alpha value is -3.13. The van der Waals surface area contributed by atoms with Crippen molar-refractivity contribution in [2.45, 2.75) is 18.4 Å². The van der Waals surface area contributed by atoms with Crippen molar-refractivity contribution < 1.29 is 14.3 Å². The number of hydrogen-bond donors (Lipinski definition) is 0. The minimum atomic E-state index is -0.612. The van der Waals surface area contributed by atoms with Crippen LogP contribution in [-0.2, 0) is 10.3 Å². The molecule has 1 amide bonds. The summed E-state index contributed by atoms with van der Waals surface area (Å²) < 4.78 is 5.71. The Balaban J connectivity index is 1.53. The van der Waals surface area contributed by atoms with E-state index in [0.717, 1.165) is 5.56 Å². The van der Waals surface area contributed by atoms with Crippen LogP contribution >= 0.6 is 0 Å². The maximum absolute atomic E-state index is 12.7. The molecule has 0 aliphatic carbocycles. The normalized spacial score (nSPS) is 17.7. The molecule has 1 spiro atoms. The van der Waals surface area contributed by atoms with E-state index >= 15 is 0 Å². The summed E-state index contributed by atoms with van der Waals surface area (Å²) >= 11 is 0. The van der Waals surface area contributed by atoms with Crippen LogP contribution in [0, 0.1) is 11.3 Å². The van der Waals surface area contributed by atoms with Crippen LogP contribution in [0.3, 0.4) is 0 Å². The zero-order chi connectivity index (χ0) is 17.4. The molecule has 0 radical (unpaired) electrons. The van der Waals surface area contributed by atoms with Crippen molar-refractivity contribution in [3.8, 4) is 6.07 Å². The van der Waals surface area contributed by atoms with Crippen molar-refractivity contribution in [2.75, 3.05) is 13.1 Å². The number of rotatable bonds is 1. The zero-order valence-electron chi connectivity index (χ0n) is 13.6. The molecular formula is C20H16N2O3. The van der Waals surface area contributed by atoms with E-state index in [9.17, 15) is 9.59 Å². The van der Waals surface area contributed by atoms with Gasteiger partial charge in [-0.3, -0.25) is 4.79 Å². The molecule has 0 atom stereocenters. The first-order valence-electron chi connectivity index (χ1n) is 8.25. The molecule has 5 heteroatoms. The van der Waals surface area contributed by atoms with Crippen LogP contribution in [0.5, 0.6) is 0 Å². The highest BCUT2D eigenvalue weighted by Gasteiger charge is 2.47. The van der Waals surface area contributed by atoms with Crippen LogP contribution in [0.2, 0.25) is 0 Å². The predicted molar refractivity (Wildman–Crippen MR) is 89.8 cm³/mol. The number of esters is 1. The third-order valence-electron chi connectivity index (χ3n) is 5.02. The standard InChI is InChI=1S/C20H16N2O3/c21-13-14-4-3-5-15(12-14)18(23)22-10-8-20(9-11-22)17-7-2-1-6-16(17)19(24)25-20/h1-7,12H,8-11H2. The van der Waals surface area contributed by atoms with Crippen molar-refractivity contribution in [2.24, 2.45) is 0 Å². The second-order valence-electron chi connectivity index (χ2n) is 6.41. The van der Waals surface area contributed by atoms with Crippen molar-refractivity contribution >= 4 is 11.9 Å². The monoisotopic (exact) mass is 332 g/mol. The molecule has 0 aromatic heterocycles. The molecule has 25 heavy (non-hydrogen) atoms. The second-order valence-corrected chi connectivity index (χ2v) is 6.41. The Bertz CT molecular complexity index is 905. The lowest BCUT2D eigenvalue weighted by molar-refractivity contribution is -0.0389. The molecule has 2 heterocycles. The number of likely N-dealkylation sites (tertiary alicyclic amines) is 1. The number of ether oxygens (including phenoxy) is 1. The molecule has 2 aromatic carbocycles. The van der Waals surface area contributed by atoms with Crippen LogP contribution in [-0.4, -0.2) is 29.9 Å². The Morgan fingerprint density at radius 2 is 1.88 bits per heavy atom. The summed E-state index contributed by atoms with van der Waals surface area (Å²) in [5, 5.41) is 8.99. The van der Waals surface area contributed by atoms with E-state index in [-0.39, 0.29) is 11.9 Å². The van der Waals surface area contributed by atoms with Crippen molar-refractivity contribution in [1.82, 2.24) is 4.90 Å². The van der Waals surface area contributed by atoms with Crippen LogP contribution in [0.25, 0.3) is 0 Å². The van der Waals surface area contributed by atoms with E-state index < -0.39 is 5.60 Å². The van der Waals surface area contributed by atoms with E-state index in [0.29, 0.717) is 42.6 Å². The largest absolute Gasteiger partial charge is 0.450 e. The van der Waals surface area contributed by atoms with Gasteiger partial charge in [0.2, 0.25) is 0 Å². The number of hydrogen-bond acceptors (Lipinski definition) is 4. The first-order chi connectivity index (χ1) is 12.1. The summed E-state index contributed by atoms with van der Waals surface area (Å²) in [5.74, 6) is -0.373. The fraction of sp³-hybridized carbons (Fsp3) is 0.250. The lowest BCUT2D eigenvalue weighted by atomic mass is 9.83. The maximum atomic E-state index is 12.7. The van der Waals surface area contributed by atoms with Crippen molar-refractivity contribution in [1.29, 1.82) is 5.26 Å². The highest BCUT2D eigenvalue weighted by atomic mass is 16.6. The van der Waals surface area contributed by atoms with Gasteiger partial charge in [-0.25, -0.2) is 4.79 Å². The molecule has 0 N–H and O–H groups in total. The van der Waals surface area contributed by atoms with E-state index in [1.54, 1.807) is 35.2 Å². The number of carbonyl (C=O) groups is 2. The van der Waals surface area contributed by atoms with Gasteiger partial charge in [0, 0.05) is 37.1 Å². The first kappa shape index (κ1) is 15.4. The Kier molecular flexibility index (Phi) is 3.54. The van der Waals surface area contributed by atoms with Gasteiger partial charge in [0.25, 0.3) is 5.91 Å². The fourth-order valence-electron chi connectivity index (χ4n) is 3.69. The van der Waals surface area contributed by atoms with Crippen molar-refractivity contribution in [3.63, 3.8) is 0 Å². The van der Waals surface area contributed by atoms with Gasteiger partial charge in [-0.15, -0.1) is 0 Å². The third kappa shape index (κ3) is 2.47. The van der Waals surface area contributed by atoms with E-state index in [4.69, 9.17) is 10.00 Å². The van der Waals surface area contributed by atoms with Crippen molar-refractivity contribution in [3.05, 3.63) is 70.8 Å². The summed E-state index contributed by atoms with van der Waals surface area (Å²) in [4.78, 5) is 26.6. The molecule has 1 saturated heterocycles. The summed E-state index contributed by atoms with van der Waals surface area (Å²) in [6.45, 7) is 1.02. The number of amides is 1. The van der Waals surface area contributed by atoms with E-state index in [1.807, 2.05) is 18.2 Å². The molecule has 2 aromatic rings. The highest BCUT2D eigenvalue weighted by molar-refractivity contribution is 5.96. The minimum Gasteiger partial charge on any atom is -0.450 e. The molecule has 1 fully saturated rings. The highest BCUT2D eigenvalue weighted by Crippen LogP contribution is 2.44. The predicted octanol–water partition coefficient (Wildman–Crippen LogP) is 2.86. The Labute approximate surface area is 145 Å². The summed E-state index contributed by atoms with van der Waals surface area (Å²) in [7, 11) is 0. The molecule has 2 aliphatic rings. The molecule has 4 rings (SSSR count). The lowest BCUT2D eigenvalue weighted by Gasteiger charge is -2.38. The first-order valence-corrected chi connectivity index (χ1v) is 8.25. The summed E-state index contributed by atoms with van der Waals surface area (Å²) in [6.07, 6.45) is 1.17. The smallest absolute Gasteiger partial charge is 0.339 e. The number of carbonyl (C=O) groups excluding carboxylic acids is 2. The molecule has 0 unspecified atom stereocenters. The summed E-state index contributed by atoms with van der Waals surface area (Å²) in [6, 6.07) is 16.2. The van der Waals surface area contributed by atoms with Gasteiger partial charge in [0.05, 0.1) is 17.2 Å². The number of nitriles is 1. The fourth-order valence-corrected chi connectivity index (χ4v) is 3.69. The Morgan fingerprint density at radius 1 is 1.12 bits per heavy atom. The van der Waals surface area contributed by atoms with Crippen LogP contribution in [0.15, 0.2) is 48.5 Å². The molecule has 0 bridgehead atoms. The van der Waals surface area contributed by atoms with Gasteiger partial charge in [-0.05, 0) is 24.3 Å². The number of benzene rings is 2. The molecule has 2 aliphatic heterocycles. The average Bonchev–Trinajstić information content (AvgIpc) is 2.94. The second kappa shape index (κ2) is 5.75. The molecule has 5 nitrogen and oxygen atoms in total. The van der Waals surface area contributed by atoms with Crippen LogP contribution < -0.4 is 0 Å². The molecular weight excluding hydrogens is 316 g/mol. The lowest BCUT2D eigenvalue weighted by Crippen LogP contribution is -2.45. The molecule has 124 valence electrons. The molecule has 0 saturated carbocycles. The maximum Gasteiger partial charge on any atom is 0.339 e. The van der Waals surface area contributed by atoms with Gasteiger partial charge in [0.15, 0.2) is 0 Å². The van der Waals surface area contributed by atoms with Crippen LogP contribution in [0.4, 0.5) is 0 Å². The van der Waals surface area contributed by atoms with Gasteiger partial charge in [-0.2, -0.15) is 5.26 Å².